The van der Waals surface area contributed by atoms with E-state index in [-0.39, 0.29) is 24.4 Å². The molecule has 0 fully saturated rings. The van der Waals surface area contributed by atoms with Crippen molar-refractivity contribution in [2.75, 3.05) is 25.5 Å². The number of ether oxygens (including phenoxy) is 1. The van der Waals surface area contributed by atoms with E-state index >= 15 is 0 Å². The normalized spacial score (nSPS) is 13.7. The molecule has 2 aromatic heterocycles. The number of halogens is 1. The second-order valence-corrected chi connectivity index (χ2v) is 8.49. The van der Waals surface area contributed by atoms with E-state index in [1.54, 1.807) is 6.07 Å². The molecule has 3 rings (SSSR count). The van der Waals surface area contributed by atoms with Crippen LogP contribution in [0.25, 0.3) is 0 Å². The summed E-state index contributed by atoms with van der Waals surface area (Å²) < 4.78 is 6.82. The Kier molecular flexibility index (Phi) is 7.85. The molecule has 160 valence electrons. The van der Waals surface area contributed by atoms with E-state index in [1.165, 1.54) is 18.4 Å². The van der Waals surface area contributed by atoms with Crippen LogP contribution in [-0.4, -0.2) is 46.8 Å². The molecule has 1 amide bonds. The highest BCUT2D eigenvalue weighted by molar-refractivity contribution is 7.17. The van der Waals surface area contributed by atoms with Crippen molar-refractivity contribution in [2.24, 2.45) is 0 Å². The number of thiophene rings is 1. The standard InChI is InChI=1S/C20H28N4O3S.ClH/c1-6-8-23-9-7-14-16(11-23)28-19(17(14)20(26)27-5)21-18(25)15-10-13(4)24(22-15)12(2)3;/h10,12H,6-9,11H2,1-5H3,(H,21,25);1H. The Labute approximate surface area is 181 Å². The zero-order valence-corrected chi connectivity index (χ0v) is 19.2. The van der Waals surface area contributed by atoms with Crippen molar-refractivity contribution in [1.82, 2.24) is 14.7 Å². The van der Waals surface area contributed by atoms with Crippen LogP contribution in [0.15, 0.2) is 6.07 Å². The average Bonchev–Trinajstić information content (AvgIpc) is 3.21. The van der Waals surface area contributed by atoms with Gasteiger partial charge in [-0.25, -0.2) is 4.79 Å². The lowest BCUT2D eigenvalue weighted by atomic mass is 10.0. The highest BCUT2D eigenvalue weighted by atomic mass is 35.5. The van der Waals surface area contributed by atoms with Crippen molar-refractivity contribution in [3.05, 3.63) is 33.5 Å². The van der Waals surface area contributed by atoms with Gasteiger partial charge in [0.15, 0.2) is 5.69 Å². The minimum absolute atomic E-state index is 0. The molecule has 1 N–H and O–H groups in total. The van der Waals surface area contributed by atoms with Crippen molar-refractivity contribution in [3.63, 3.8) is 0 Å². The third-order valence-electron chi connectivity index (χ3n) is 4.94. The number of aryl methyl sites for hydroxylation is 1. The first-order chi connectivity index (χ1) is 13.3. The number of methoxy groups -OCH3 is 1. The maximum Gasteiger partial charge on any atom is 0.341 e. The molecule has 1 aliphatic rings. The quantitative estimate of drug-likeness (QED) is 0.685. The SMILES string of the molecule is CCCN1CCc2c(sc(NC(=O)c3cc(C)n(C(C)C)n3)c2C(=O)OC)C1.Cl. The fourth-order valence-electron chi connectivity index (χ4n) is 3.66. The summed E-state index contributed by atoms with van der Waals surface area (Å²) >= 11 is 1.47. The Morgan fingerprint density at radius 1 is 1.38 bits per heavy atom. The second-order valence-electron chi connectivity index (χ2n) is 7.39. The summed E-state index contributed by atoms with van der Waals surface area (Å²) in [6.45, 7) is 10.9. The smallest absolute Gasteiger partial charge is 0.341 e. The fourth-order valence-corrected chi connectivity index (χ4v) is 4.93. The molecule has 0 unspecified atom stereocenters. The first-order valence-electron chi connectivity index (χ1n) is 9.68. The maximum atomic E-state index is 12.8. The van der Waals surface area contributed by atoms with E-state index in [9.17, 15) is 9.59 Å². The largest absolute Gasteiger partial charge is 0.465 e. The van der Waals surface area contributed by atoms with Crippen molar-refractivity contribution < 1.29 is 14.3 Å². The van der Waals surface area contributed by atoms with Crippen LogP contribution in [0.1, 0.15) is 70.2 Å². The zero-order chi connectivity index (χ0) is 20.4. The zero-order valence-electron chi connectivity index (χ0n) is 17.6. The molecule has 9 heteroatoms. The lowest BCUT2D eigenvalue weighted by Crippen LogP contribution is -2.30. The number of esters is 1. The highest BCUT2D eigenvalue weighted by Gasteiger charge is 2.29. The van der Waals surface area contributed by atoms with Crippen molar-refractivity contribution in [3.8, 4) is 0 Å². The molecule has 3 heterocycles. The first kappa shape index (κ1) is 23.4. The van der Waals surface area contributed by atoms with E-state index in [4.69, 9.17) is 4.74 Å². The van der Waals surface area contributed by atoms with Crippen LogP contribution in [0.3, 0.4) is 0 Å². The summed E-state index contributed by atoms with van der Waals surface area (Å²) in [5.74, 6) is -0.711. The summed E-state index contributed by atoms with van der Waals surface area (Å²) in [6.07, 6.45) is 1.87. The van der Waals surface area contributed by atoms with Gasteiger partial charge in [-0.3, -0.25) is 14.4 Å². The number of hydrogen-bond acceptors (Lipinski definition) is 6. The molecule has 7 nitrogen and oxygen atoms in total. The lowest BCUT2D eigenvalue weighted by molar-refractivity contribution is 0.0600. The fraction of sp³-hybridized carbons (Fsp3) is 0.550. The van der Waals surface area contributed by atoms with E-state index in [2.05, 4.69) is 22.2 Å². The van der Waals surface area contributed by atoms with Crippen LogP contribution in [0.4, 0.5) is 5.00 Å². The average molecular weight is 441 g/mol. The molecule has 0 radical (unpaired) electrons. The van der Waals surface area contributed by atoms with Crippen LogP contribution in [0, 0.1) is 6.92 Å². The van der Waals surface area contributed by atoms with Crippen molar-refractivity contribution >= 4 is 40.6 Å². The van der Waals surface area contributed by atoms with Crippen LogP contribution in [0.2, 0.25) is 0 Å². The molecule has 0 saturated heterocycles. The summed E-state index contributed by atoms with van der Waals surface area (Å²) in [5.41, 5.74) is 2.77. The first-order valence-corrected chi connectivity index (χ1v) is 10.5. The molecule has 0 saturated carbocycles. The van der Waals surface area contributed by atoms with Gasteiger partial charge in [0.1, 0.15) is 5.00 Å². The third kappa shape index (κ3) is 4.82. The number of hydrogen-bond donors (Lipinski definition) is 1. The molecule has 29 heavy (non-hydrogen) atoms. The Hall–Kier alpha value is -1.90. The molecule has 0 aliphatic carbocycles. The number of rotatable bonds is 6. The monoisotopic (exact) mass is 440 g/mol. The summed E-state index contributed by atoms with van der Waals surface area (Å²) in [6, 6.07) is 1.94. The van der Waals surface area contributed by atoms with Gasteiger partial charge in [0.05, 0.1) is 12.7 Å². The number of carbonyl (C=O) groups is 2. The van der Waals surface area contributed by atoms with Gasteiger partial charge in [-0.05, 0) is 51.8 Å². The van der Waals surface area contributed by atoms with E-state index < -0.39 is 5.97 Å². The topological polar surface area (TPSA) is 76.5 Å². The van der Waals surface area contributed by atoms with Crippen LogP contribution in [-0.2, 0) is 17.7 Å². The molecule has 1 aliphatic heterocycles. The van der Waals surface area contributed by atoms with Gasteiger partial charge < -0.3 is 10.1 Å². The van der Waals surface area contributed by atoms with Crippen LogP contribution < -0.4 is 5.32 Å². The molecular weight excluding hydrogens is 412 g/mol. The lowest BCUT2D eigenvalue weighted by Gasteiger charge is -2.26. The number of anilines is 1. The second kappa shape index (κ2) is 9.73. The highest BCUT2D eigenvalue weighted by Crippen LogP contribution is 2.37. The number of nitrogens with one attached hydrogen (secondary N) is 1. The Balaban J connectivity index is 0.00000300. The predicted molar refractivity (Wildman–Crippen MR) is 117 cm³/mol. The number of carbonyl (C=O) groups excluding carboxylic acids is 2. The van der Waals surface area contributed by atoms with Crippen LogP contribution in [0.5, 0.6) is 0 Å². The van der Waals surface area contributed by atoms with E-state index in [0.717, 1.165) is 48.6 Å². The molecule has 2 aromatic rings. The minimum Gasteiger partial charge on any atom is -0.465 e. The summed E-state index contributed by atoms with van der Waals surface area (Å²) in [5, 5.41) is 7.87. The minimum atomic E-state index is -0.402. The third-order valence-corrected chi connectivity index (χ3v) is 6.07. The number of fused-ring (bicyclic) bond motifs is 1. The van der Waals surface area contributed by atoms with Gasteiger partial charge in [-0.1, -0.05) is 6.92 Å². The Bertz CT molecular complexity index is 891. The van der Waals surface area contributed by atoms with E-state index in [1.807, 2.05) is 25.5 Å². The van der Waals surface area contributed by atoms with Gasteiger partial charge in [-0.15, -0.1) is 23.7 Å². The number of nitrogens with zero attached hydrogens (tertiary/aromatic N) is 3. The van der Waals surface area contributed by atoms with Crippen LogP contribution >= 0.6 is 23.7 Å². The summed E-state index contributed by atoms with van der Waals surface area (Å²) in [4.78, 5) is 28.7. The number of amides is 1. The molecular formula is C20H29ClN4O3S. The Morgan fingerprint density at radius 3 is 2.69 bits per heavy atom. The molecule has 0 spiro atoms. The molecule has 0 bridgehead atoms. The van der Waals surface area contributed by atoms with Crippen molar-refractivity contribution in [2.45, 2.75) is 53.1 Å². The number of aromatic nitrogens is 2. The molecule has 0 atom stereocenters. The predicted octanol–water partition coefficient (Wildman–Crippen LogP) is 4.06. The maximum absolute atomic E-state index is 12.8. The van der Waals surface area contributed by atoms with Gasteiger partial charge in [0, 0.05) is 29.7 Å². The summed E-state index contributed by atoms with van der Waals surface area (Å²) in [7, 11) is 1.37. The molecule has 0 aromatic carbocycles. The van der Waals surface area contributed by atoms with Crippen molar-refractivity contribution in [1.29, 1.82) is 0 Å². The van der Waals surface area contributed by atoms with E-state index in [0.29, 0.717) is 16.3 Å². The van der Waals surface area contributed by atoms with Gasteiger partial charge >= 0.3 is 5.97 Å². The Morgan fingerprint density at radius 2 is 2.10 bits per heavy atom. The van der Waals surface area contributed by atoms with Gasteiger partial charge in [0.25, 0.3) is 5.91 Å². The van der Waals surface area contributed by atoms with Gasteiger partial charge in [0.2, 0.25) is 0 Å². The van der Waals surface area contributed by atoms with Gasteiger partial charge in [-0.2, -0.15) is 5.10 Å².